The Balaban J connectivity index is 1.58. The van der Waals surface area contributed by atoms with Gasteiger partial charge in [0.2, 0.25) is 0 Å². The maximum atomic E-state index is 13.2. The Morgan fingerprint density at radius 3 is 2.71 bits per heavy atom. The van der Waals surface area contributed by atoms with E-state index in [1.165, 1.54) is 12.1 Å². The van der Waals surface area contributed by atoms with Crippen molar-refractivity contribution in [1.82, 2.24) is 10.3 Å². The fourth-order valence-corrected chi connectivity index (χ4v) is 2.56. The molecule has 1 unspecified atom stereocenters. The summed E-state index contributed by atoms with van der Waals surface area (Å²) in [6.07, 6.45) is 2.71. The van der Waals surface area contributed by atoms with E-state index in [0.717, 1.165) is 22.5 Å². The Hall–Kier alpha value is -2.50. The molecule has 0 aliphatic rings. The second kappa shape index (κ2) is 7.38. The van der Waals surface area contributed by atoms with Gasteiger partial charge in [0, 0.05) is 24.5 Å². The van der Waals surface area contributed by atoms with E-state index in [9.17, 15) is 9.50 Å². The molecule has 2 aromatic heterocycles. The first kappa shape index (κ1) is 16.4. The normalized spacial score (nSPS) is 12.3. The SMILES string of the molecule is Cc1cc(F)ccc1-c1ccc(CNCC(O)c2ccncc2)o1. The molecule has 1 aromatic carbocycles. The fraction of sp³-hybridized carbons (Fsp3) is 0.211. The zero-order valence-corrected chi connectivity index (χ0v) is 13.4. The molecule has 0 aliphatic heterocycles. The first-order chi connectivity index (χ1) is 11.6. The molecule has 0 amide bonds. The van der Waals surface area contributed by atoms with Crippen LogP contribution in [0.15, 0.2) is 59.3 Å². The van der Waals surface area contributed by atoms with Gasteiger partial charge in [0.05, 0.1) is 12.6 Å². The lowest BCUT2D eigenvalue weighted by atomic mass is 10.1. The van der Waals surface area contributed by atoms with Gasteiger partial charge >= 0.3 is 0 Å². The summed E-state index contributed by atoms with van der Waals surface area (Å²) in [6.45, 7) is 2.77. The highest BCUT2D eigenvalue weighted by Crippen LogP contribution is 2.26. The van der Waals surface area contributed by atoms with Gasteiger partial charge in [0.15, 0.2) is 0 Å². The molecule has 24 heavy (non-hydrogen) atoms. The summed E-state index contributed by atoms with van der Waals surface area (Å²) in [4.78, 5) is 3.93. The van der Waals surface area contributed by atoms with Crippen molar-refractivity contribution in [3.8, 4) is 11.3 Å². The van der Waals surface area contributed by atoms with E-state index >= 15 is 0 Å². The van der Waals surface area contributed by atoms with Crippen LogP contribution in [0.25, 0.3) is 11.3 Å². The Labute approximate surface area is 140 Å². The number of nitrogens with one attached hydrogen (secondary N) is 1. The van der Waals surface area contributed by atoms with Gasteiger partial charge in [0.1, 0.15) is 17.3 Å². The minimum atomic E-state index is -0.596. The Morgan fingerprint density at radius 1 is 1.17 bits per heavy atom. The van der Waals surface area contributed by atoms with Crippen molar-refractivity contribution in [3.63, 3.8) is 0 Å². The summed E-state index contributed by atoms with van der Waals surface area (Å²) in [5.41, 5.74) is 2.52. The van der Waals surface area contributed by atoms with Crippen LogP contribution in [0.4, 0.5) is 4.39 Å². The van der Waals surface area contributed by atoms with Gasteiger partial charge in [-0.15, -0.1) is 0 Å². The van der Waals surface area contributed by atoms with Crippen molar-refractivity contribution in [1.29, 1.82) is 0 Å². The van der Waals surface area contributed by atoms with Gasteiger partial charge in [-0.2, -0.15) is 0 Å². The van der Waals surface area contributed by atoms with Crippen LogP contribution in [0.3, 0.4) is 0 Å². The highest BCUT2D eigenvalue weighted by molar-refractivity contribution is 5.62. The number of aliphatic hydroxyl groups is 1. The van der Waals surface area contributed by atoms with Crippen LogP contribution in [-0.4, -0.2) is 16.6 Å². The van der Waals surface area contributed by atoms with Crippen LogP contribution < -0.4 is 5.32 Å². The van der Waals surface area contributed by atoms with Crippen LogP contribution in [0.1, 0.15) is 23.0 Å². The van der Waals surface area contributed by atoms with E-state index in [1.54, 1.807) is 30.6 Å². The third-order valence-electron chi connectivity index (χ3n) is 3.84. The lowest BCUT2D eigenvalue weighted by molar-refractivity contribution is 0.173. The van der Waals surface area contributed by atoms with E-state index in [2.05, 4.69) is 10.3 Å². The van der Waals surface area contributed by atoms with E-state index in [0.29, 0.717) is 18.8 Å². The molecule has 0 radical (unpaired) electrons. The summed E-state index contributed by atoms with van der Waals surface area (Å²) in [5, 5.41) is 13.3. The van der Waals surface area contributed by atoms with E-state index < -0.39 is 6.10 Å². The van der Waals surface area contributed by atoms with E-state index in [-0.39, 0.29) is 5.82 Å². The minimum Gasteiger partial charge on any atom is -0.460 e. The monoisotopic (exact) mass is 326 g/mol. The van der Waals surface area contributed by atoms with Crippen molar-refractivity contribution in [2.45, 2.75) is 19.6 Å². The molecular formula is C19H19FN2O2. The second-order valence-electron chi connectivity index (χ2n) is 5.65. The van der Waals surface area contributed by atoms with Gasteiger partial charge in [-0.25, -0.2) is 4.39 Å². The topological polar surface area (TPSA) is 58.3 Å². The molecule has 0 spiro atoms. The van der Waals surface area contributed by atoms with Crippen molar-refractivity contribution in [2.75, 3.05) is 6.54 Å². The van der Waals surface area contributed by atoms with Crippen LogP contribution in [0.2, 0.25) is 0 Å². The highest BCUT2D eigenvalue weighted by Gasteiger charge is 2.10. The number of aliphatic hydroxyl groups excluding tert-OH is 1. The molecule has 4 nitrogen and oxygen atoms in total. The molecule has 5 heteroatoms. The van der Waals surface area contributed by atoms with Crippen molar-refractivity contribution in [3.05, 3.63) is 77.6 Å². The van der Waals surface area contributed by atoms with Crippen LogP contribution >= 0.6 is 0 Å². The third kappa shape index (κ3) is 3.88. The Bertz CT molecular complexity index is 802. The maximum absolute atomic E-state index is 13.2. The molecule has 1 atom stereocenters. The quantitative estimate of drug-likeness (QED) is 0.726. The average molecular weight is 326 g/mol. The Morgan fingerprint density at radius 2 is 1.96 bits per heavy atom. The fourth-order valence-electron chi connectivity index (χ4n) is 2.56. The Kier molecular flexibility index (Phi) is 5.03. The standard InChI is InChI=1S/C19H19FN2O2/c1-13-10-15(20)2-4-17(13)19-5-3-16(24-19)11-22-12-18(23)14-6-8-21-9-7-14/h2-10,18,22-23H,11-12H2,1H3. The number of furan rings is 1. The number of hydrogen-bond acceptors (Lipinski definition) is 4. The van der Waals surface area contributed by atoms with Crippen LogP contribution in [0, 0.1) is 12.7 Å². The number of pyridine rings is 1. The molecule has 124 valence electrons. The summed E-state index contributed by atoms with van der Waals surface area (Å²) in [7, 11) is 0. The number of hydrogen-bond donors (Lipinski definition) is 2. The number of aryl methyl sites for hydroxylation is 1. The van der Waals surface area contributed by atoms with Crippen molar-refractivity contribution >= 4 is 0 Å². The largest absolute Gasteiger partial charge is 0.460 e. The summed E-state index contributed by atoms with van der Waals surface area (Å²) >= 11 is 0. The summed E-state index contributed by atoms with van der Waals surface area (Å²) in [5.74, 6) is 1.21. The average Bonchev–Trinajstić information content (AvgIpc) is 3.04. The molecule has 0 saturated heterocycles. The summed E-state index contributed by atoms with van der Waals surface area (Å²) < 4.78 is 19.0. The molecule has 0 saturated carbocycles. The van der Waals surface area contributed by atoms with Gasteiger partial charge in [-0.1, -0.05) is 0 Å². The number of halogens is 1. The number of aromatic nitrogens is 1. The molecule has 0 bridgehead atoms. The highest BCUT2D eigenvalue weighted by atomic mass is 19.1. The summed E-state index contributed by atoms with van der Waals surface area (Å²) in [6, 6.07) is 12.0. The minimum absolute atomic E-state index is 0.255. The van der Waals surface area contributed by atoms with Crippen molar-refractivity contribution < 1.29 is 13.9 Å². The predicted molar refractivity (Wildman–Crippen MR) is 89.7 cm³/mol. The van der Waals surface area contributed by atoms with Crippen molar-refractivity contribution in [2.24, 2.45) is 0 Å². The molecule has 3 rings (SSSR count). The van der Waals surface area contributed by atoms with Crippen LogP contribution in [-0.2, 0) is 6.54 Å². The molecular weight excluding hydrogens is 307 g/mol. The molecule has 2 N–H and O–H groups in total. The smallest absolute Gasteiger partial charge is 0.134 e. The maximum Gasteiger partial charge on any atom is 0.134 e. The molecule has 0 aliphatic carbocycles. The third-order valence-corrected chi connectivity index (χ3v) is 3.84. The first-order valence-corrected chi connectivity index (χ1v) is 7.77. The van der Waals surface area contributed by atoms with Gasteiger partial charge in [0.25, 0.3) is 0 Å². The van der Waals surface area contributed by atoms with Crippen LogP contribution in [0.5, 0.6) is 0 Å². The lowest BCUT2D eigenvalue weighted by Crippen LogP contribution is -2.20. The molecule has 0 fully saturated rings. The zero-order valence-electron chi connectivity index (χ0n) is 13.4. The number of benzene rings is 1. The lowest BCUT2D eigenvalue weighted by Gasteiger charge is -2.11. The zero-order chi connectivity index (χ0) is 16.9. The molecule has 2 heterocycles. The predicted octanol–water partition coefficient (Wildman–Crippen LogP) is 3.61. The van der Waals surface area contributed by atoms with Gasteiger partial charge in [-0.05, 0) is 60.5 Å². The molecule has 3 aromatic rings. The van der Waals surface area contributed by atoms with E-state index in [4.69, 9.17) is 4.42 Å². The second-order valence-corrected chi connectivity index (χ2v) is 5.65. The first-order valence-electron chi connectivity index (χ1n) is 7.77. The van der Waals surface area contributed by atoms with Gasteiger partial charge in [-0.3, -0.25) is 4.98 Å². The number of nitrogens with zero attached hydrogens (tertiary/aromatic N) is 1. The van der Waals surface area contributed by atoms with E-state index in [1.807, 2.05) is 19.1 Å². The number of rotatable bonds is 6. The van der Waals surface area contributed by atoms with Gasteiger partial charge < -0.3 is 14.8 Å².